The Morgan fingerprint density at radius 1 is 1.06 bits per heavy atom. The van der Waals surface area contributed by atoms with Crippen molar-refractivity contribution in [1.82, 2.24) is 14.9 Å². The molecular weight excluding hydrogens is 418 g/mol. The summed E-state index contributed by atoms with van der Waals surface area (Å²) in [4.78, 5) is 23.3. The quantitative estimate of drug-likeness (QED) is 0.494. The van der Waals surface area contributed by atoms with E-state index in [2.05, 4.69) is 25.5 Å². The Morgan fingerprint density at radius 3 is 2.73 bits per heavy atom. The molecule has 1 aromatic carbocycles. The number of amides is 1. The van der Waals surface area contributed by atoms with Crippen molar-refractivity contribution in [3.63, 3.8) is 0 Å². The highest BCUT2D eigenvalue weighted by molar-refractivity contribution is 5.83. The van der Waals surface area contributed by atoms with E-state index in [1.807, 2.05) is 24.3 Å². The second-order valence-electron chi connectivity index (χ2n) is 8.81. The smallest absolute Gasteiger partial charge is 0.413 e. The van der Waals surface area contributed by atoms with Gasteiger partial charge in [0, 0.05) is 24.5 Å². The zero-order valence-corrected chi connectivity index (χ0v) is 19.3. The minimum atomic E-state index is -0.466. The van der Waals surface area contributed by atoms with Crippen LogP contribution in [0.15, 0.2) is 36.5 Å². The highest BCUT2D eigenvalue weighted by Gasteiger charge is 2.18. The van der Waals surface area contributed by atoms with Crippen LogP contribution >= 0.6 is 0 Å². The molecule has 4 rings (SSSR count). The number of carbonyl (C=O) groups excluding carboxylic acids is 1. The number of benzene rings is 1. The number of anilines is 3. The van der Waals surface area contributed by atoms with Crippen molar-refractivity contribution < 1.29 is 14.3 Å². The monoisotopic (exact) mass is 453 g/mol. The summed E-state index contributed by atoms with van der Waals surface area (Å²) in [6.45, 7) is 4.21. The molecule has 33 heavy (non-hydrogen) atoms. The van der Waals surface area contributed by atoms with E-state index >= 15 is 0 Å². The normalized spacial score (nSPS) is 17.3. The van der Waals surface area contributed by atoms with Gasteiger partial charge in [0.25, 0.3) is 0 Å². The average molecular weight is 454 g/mol. The summed E-state index contributed by atoms with van der Waals surface area (Å²) in [5, 5.41) is 5.89. The first-order valence-electron chi connectivity index (χ1n) is 12.3. The molecule has 8 heteroatoms. The predicted octanol–water partition coefficient (Wildman–Crippen LogP) is 5.36. The molecular formula is C25H35N5O3. The number of likely N-dealkylation sites (tertiary alicyclic amines) is 1. The number of ether oxygens (including phenoxy) is 2. The Morgan fingerprint density at radius 2 is 1.88 bits per heavy atom. The number of carbonyl (C=O) groups is 1. The van der Waals surface area contributed by atoms with E-state index < -0.39 is 6.09 Å². The van der Waals surface area contributed by atoms with Crippen molar-refractivity contribution in [2.24, 2.45) is 0 Å². The Labute approximate surface area is 196 Å². The van der Waals surface area contributed by atoms with Crippen LogP contribution in [0.4, 0.5) is 22.2 Å². The summed E-state index contributed by atoms with van der Waals surface area (Å²) in [5.41, 5.74) is 0.825. The van der Waals surface area contributed by atoms with Crippen molar-refractivity contribution >= 4 is 23.5 Å². The zero-order chi connectivity index (χ0) is 22.7. The maximum Gasteiger partial charge on any atom is 0.413 e. The van der Waals surface area contributed by atoms with Crippen molar-refractivity contribution in [3.8, 4) is 5.75 Å². The van der Waals surface area contributed by atoms with Crippen LogP contribution in [-0.4, -0.2) is 53.3 Å². The van der Waals surface area contributed by atoms with Gasteiger partial charge in [-0.2, -0.15) is 4.98 Å². The maximum absolute atomic E-state index is 12.2. The topological polar surface area (TPSA) is 88.6 Å². The Bertz CT molecular complexity index is 882. The molecule has 1 aliphatic carbocycles. The molecule has 0 unspecified atom stereocenters. The molecule has 1 aromatic heterocycles. The maximum atomic E-state index is 12.2. The molecule has 2 fully saturated rings. The van der Waals surface area contributed by atoms with Crippen LogP contribution in [0, 0.1) is 0 Å². The average Bonchev–Trinajstić information content (AvgIpc) is 2.84. The molecule has 8 nitrogen and oxygen atoms in total. The third-order valence-electron chi connectivity index (χ3n) is 6.14. The largest absolute Gasteiger partial charge is 0.493 e. The lowest BCUT2D eigenvalue weighted by molar-refractivity contribution is 0.0864. The van der Waals surface area contributed by atoms with Gasteiger partial charge in [0.1, 0.15) is 17.7 Å². The lowest BCUT2D eigenvalue weighted by Crippen LogP contribution is -2.31. The van der Waals surface area contributed by atoms with E-state index in [0.717, 1.165) is 50.1 Å². The van der Waals surface area contributed by atoms with Gasteiger partial charge in [0.15, 0.2) is 0 Å². The lowest BCUT2D eigenvalue weighted by Gasteiger charge is -2.26. The van der Waals surface area contributed by atoms with Gasteiger partial charge < -0.3 is 19.7 Å². The Kier molecular flexibility index (Phi) is 8.75. The molecule has 1 amide bonds. The summed E-state index contributed by atoms with van der Waals surface area (Å²) in [7, 11) is 0. The van der Waals surface area contributed by atoms with E-state index in [-0.39, 0.29) is 6.10 Å². The van der Waals surface area contributed by atoms with Crippen LogP contribution in [0.2, 0.25) is 0 Å². The first kappa shape index (κ1) is 23.3. The van der Waals surface area contributed by atoms with Gasteiger partial charge in [-0.15, -0.1) is 0 Å². The third-order valence-corrected chi connectivity index (χ3v) is 6.14. The van der Waals surface area contributed by atoms with Gasteiger partial charge in [-0.05, 0) is 76.2 Å². The molecule has 0 spiro atoms. The molecule has 0 radical (unpaired) electrons. The van der Waals surface area contributed by atoms with E-state index in [0.29, 0.717) is 18.4 Å². The summed E-state index contributed by atoms with van der Waals surface area (Å²) >= 11 is 0. The van der Waals surface area contributed by atoms with Crippen LogP contribution in [0.5, 0.6) is 5.75 Å². The van der Waals surface area contributed by atoms with Gasteiger partial charge in [-0.3, -0.25) is 5.32 Å². The first-order valence-corrected chi connectivity index (χ1v) is 12.3. The second-order valence-corrected chi connectivity index (χ2v) is 8.81. The molecule has 178 valence electrons. The molecule has 2 heterocycles. The standard InChI is InChI=1S/C25H35N5O3/c31-25(33-21-10-3-1-4-11-21)29-23-13-14-26-24(28-23)27-20-9-7-12-22(19-20)32-18-8-17-30-15-5-2-6-16-30/h7,9,12-14,19,21H,1-6,8,10-11,15-18H2,(H2,26,27,28,29,31). The van der Waals surface area contributed by atoms with Gasteiger partial charge in [0.05, 0.1) is 6.61 Å². The number of piperidine rings is 1. The molecule has 0 atom stereocenters. The molecule has 2 N–H and O–H groups in total. The van der Waals surface area contributed by atoms with E-state index in [1.54, 1.807) is 12.3 Å². The molecule has 0 bridgehead atoms. The number of hydrogen-bond donors (Lipinski definition) is 2. The van der Waals surface area contributed by atoms with Crippen molar-refractivity contribution in [1.29, 1.82) is 0 Å². The van der Waals surface area contributed by atoms with Crippen LogP contribution in [0.25, 0.3) is 0 Å². The number of hydrogen-bond acceptors (Lipinski definition) is 7. The number of rotatable bonds is 9. The Hall–Kier alpha value is -2.87. The van der Waals surface area contributed by atoms with Crippen LogP contribution in [0.3, 0.4) is 0 Å². The summed E-state index contributed by atoms with van der Waals surface area (Å²) in [5.74, 6) is 1.61. The number of nitrogens with zero attached hydrogens (tertiary/aromatic N) is 3. The minimum absolute atomic E-state index is 0.000718. The van der Waals surface area contributed by atoms with Crippen molar-refractivity contribution in [3.05, 3.63) is 36.5 Å². The minimum Gasteiger partial charge on any atom is -0.493 e. The SMILES string of the molecule is O=C(Nc1ccnc(Nc2cccc(OCCCN3CCCCC3)c2)n1)OC1CCCCC1. The van der Waals surface area contributed by atoms with Crippen molar-refractivity contribution in [2.45, 2.75) is 63.9 Å². The van der Waals surface area contributed by atoms with Crippen LogP contribution in [0.1, 0.15) is 57.8 Å². The molecule has 2 aromatic rings. The van der Waals surface area contributed by atoms with Gasteiger partial charge >= 0.3 is 6.09 Å². The Balaban J connectivity index is 1.24. The number of nitrogens with one attached hydrogen (secondary N) is 2. The zero-order valence-electron chi connectivity index (χ0n) is 19.3. The summed E-state index contributed by atoms with van der Waals surface area (Å²) in [6.07, 6.45) is 11.4. The van der Waals surface area contributed by atoms with Crippen molar-refractivity contribution in [2.75, 3.05) is 36.9 Å². The summed E-state index contributed by atoms with van der Waals surface area (Å²) < 4.78 is 11.4. The molecule has 1 saturated heterocycles. The van der Waals surface area contributed by atoms with Gasteiger partial charge in [-0.25, -0.2) is 9.78 Å². The first-order chi connectivity index (χ1) is 16.2. The van der Waals surface area contributed by atoms with E-state index in [4.69, 9.17) is 9.47 Å². The fourth-order valence-electron chi connectivity index (χ4n) is 4.41. The van der Waals surface area contributed by atoms with E-state index in [1.165, 1.54) is 38.8 Å². The van der Waals surface area contributed by atoms with Crippen LogP contribution < -0.4 is 15.4 Å². The van der Waals surface area contributed by atoms with E-state index in [9.17, 15) is 4.79 Å². The summed E-state index contributed by atoms with van der Waals surface area (Å²) in [6, 6.07) is 9.40. The van der Waals surface area contributed by atoms with Gasteiger partial charge in [0.2, 0.25) is 5.95 Å². The fraction of sp³-hybridized carbons (Fsp3) is 0.560. The van der Waals surface area contributed by atoms with Gasteiger partial charge in [-0.1, -0.05) is 18.9 Å². The fourth-order valence-corrected chi connectivity index (χ4v) is 4.41. The molecule has 1 saturated carbocycles. The van der Waals surface area contributed by atoms with Crippen LogP contribution in [-0.2, 0) is 4.74 Å². The molecule has 2 aliphatic rings. The number of aromatic nitrogens is 2. The highest BCUT2D eigenvalue weighted by atomic mass is 16.6. The predicted molar refractivity (Wildman–Crippen MR) is 129 cm³/mol. The third kappa shape index (κ3) is 7.89. The highest BCUT2D eigenvalue weighted by Crippen LogP contribution is 2.22. The lowest BCUT2D eigenvalue weighted by atomic mass is 9.98. The molecule has 1 aliphatic heterocycles. The second kappa shape index (κ2) is 12.4.